The summed E-state index contributed by atoms with van der Waals surface area (Å²) >= 11 is 0. The van der Waals surface area contributed by atoms with Gasteiger partial charge in [0.25, 0.3) is 5.91 Å². The number of halogens is 4. The van der Waals surface area contributed by atoms with Crippen molar-refractivity contribution in [3.05, 3.63) is 59.9 Å². The van der Waals surface area contributed by atoms with Gasteiger partial charge in [0, 0.05) is 11.6 Å². The Morgan fingerprint density at radius 3 is 2.44 bits per heavy atom. The van der Waals surface area contributed by atoms with Gasteiger partial charge in [0.15, 0.2) is 0 Å². The number of hydrogen-bond donors (Lipinski definition) is 1. The molecule has 36 heavy (non-hydrogen) atoms. The van der Waals surface area contributed by atoms with Crippen LogP contribution < -0.4 is 10.2 Å². The van der Waals surface area contributed by atoms with E-state index < -0.39 is 47.6 Å². The molecule has 12 heteroatoms. The highest BCUT2D eigenvalue weighted by molar-refractivity contribution is 6.01. The van der Waals surface area contributed by atoms with E-state index in [4.69, 9.17) is 0 Å². The van der Waals surface area contributed by atoms with Crippen LogP contribution in [0.15, 0.2) is 48.5 Å². The predicted octanol–water partition coefficient (Wildman–Crippen LogP) is 3.98. The number of nitrogens with zero attached hydrogens (tertiary/aromatic N) is 5. The van der Waals surface area contributed by atoms with Gasteiger partial charge in [-0.05, 0) is 61.4 Å². The topological polar surface area (TPSA) is 93.0 Å². The Morgan fingerprint density at radius 2 is 1.78 bits per heavy atom. The first-order chi connectivity index (χ1) is 17.1. The lowest BCUT2D eigenvalue weighted by atomic mass is 10.1. The third-order valence-corrected chi connectivity index (χ3v) is 6.04. The number of aromatic nitrogens is 4. The van der Waals surface area contributed by atoms with E-state index in [9.17, 15) is 27.2 Å². The summed E-state index contributed by atoms with van der Waals surface area (Å²) in [5.41, 5.74) is -1.04. The largest absolute Gasteiger partial charge is 0.418 e. The molecule has 0 spiro atoms. The van der Waals surface area contributed by atoms with Crippen LogP contribution in [0.4, 0.5) is 23.2 Å². The van der Waals surface area contributed by atoms with Crippen LogP contribution in [0.2, 0.25) is 0 Å². The van der Waals surface area contributed by atoms with Gasteiger partial charge in [0.2, 0.25) is 11.7 Å². The summed E-state index contributed by atoms with van der Waals surface area (Å²) in [6.07, 6.45) is -1.29. The summed E-state index contributed by atoms with van der Waals surface area (Å²) in [5, 5.41) is 14.6. The number of anilines is 1. The molecule has 8 nitrogen and oxygen atoms in total. The van der Waals surface area contributed by atoms with E-state index in [0.717, 1.165) is 47.5 Å². The number of carbonyl (C=O) groups excluding carboxylic acids is 2. The molecule has 1 aliphatic carbocycles. The molecule has 2 amide bonds. The lowest BCUT2D eigenvalue weighted by Crippen LogP contribution is -2.51. The van der Waals surface area contributed by atoms with E-state index in [1.54, 1.807) is 0 Å². The molecule has 0 radical (unpaired) electrons. The van der Waals surface area contributed by atoms with Crippen molar-refractivity contribution in [1.82, 2.24) is 25.5 Å². The number of amides is 2. The molecule has 0 aliphatic heterocycles. The maximum absolute atomic E-state index is 13.8. The van der Waals surface area contributed by atoms with Crippen molar-refractivity contribution >= 4 is 17.5 Å². The Bertz CT molecular complexity index is 1220. The zero-order valence-corrected chi connectivity index (χ0v) is 19.4. The molecule has 1 fully saturated rings. The highest BCUT2D eigenvalue weighted by atomic mass is 19.4. The number of carbonyl (C=O) groups is 2. The molecule has 1 aromatic heterocycles. The lowest BCUT2D eigenvalue weighted by molar-refractivity contribution is -0.137. The number of benzene rings is 2. The molecular formula is C24H24F4N6O2. The van der Waals surface area contributed by atoms with Crippen molar-refractivity contribution < 1.29 is 27.2 Å². The first kappa shape index (κ1) is 25.3. The third-order valence-electron chi connectivity index (χ3n) is 6.04. The molecule has 0 bridgehead atoms. The summed E-state index contributed by atoms with van der Waals surface area (Å²) in [4.78, 5) is 28.1. The molecule has 1 atom stereocenters. The summed E-state index contributed by atoms with van der Waals surface area (Å²) in [6, 6.07) is 8.56. The lowest BCUT2D eigenvalue weighted by Gasteiger charge is -2.31. The molecule has 3 aromatic rings. The average molecular weight is 504 g/mol. The Balaban J connectivity index is 1.62. The minimum Gasteiger partial charge on any atom is -0.352 e. The molecule has 0 saturated heterocycles. The molecular weight excluding hydrogens is 480 g/mol. The quantitative estimate of drug-likeness (QED) is 0.492. The molecule has 1 unspecified atom stereocenters. The van der Waals surface area contributed by atoms with Crippen molar-refractivity contribution in [2.24, 2.45) is 0 Å². The Hall–Kier alpha value is -3.83. The second-order valence-electron chi connectivity index (χ2n) is 8.59. The van der Waals surface area contributed by atoms with Crippen molar-refractivity contribution in [3.63, 3.8) is 0 Å². The highest BCUT2D eigenvalue weighted by Gasteiger charge is 2.39. The fraction of sp³-hybridized carbons (Fsp3) is 0.375. The van der Waals surface area contributed by atoms with E-state index in [-0.39, 0.29) is 11.9 Å². The van der Waals surface area contributed by atoms with Crippen molar-refractivity contribution in [1.29, 1.82) is 0 Å². The Kier molecular flexibility index (Phi) is 7.32. The van der Waals surface area contributed by atoms with E-state index >= 15 is 0 Å². The van der Waals surface area contributed by atoms with E-state index in [0.29, 0.717) is 5.56 Å². The minimum atomic E-state index is -4.75. The van der Waals surface area contributed by atoms with Gasteiger partial charge in [-0.15, -0.1) is 10.2 Å². The number of para-hydroxylation sites is 1. The van der Waals surface area contributed by atoms with Gasteiger partial charge in [-0.2, -0.15) is 18.0 Å². The second kappa shape index (κ2) is 10.4. The number of nitrogens with one attached hydrogen (secondary N) is 1. The Labute approximate surface area is 204 Å². The van der Waals surface area contributed by atoms with Crippen LogP contribution in [0.3, 0.4) is 0 Å². The zero-order valence-electron chi connectivity index (χ0n) is 19.4. The van der Waals surface area contributed by atoms with Crippen LogP contribution in [-0.2, 0) is 22.3 Å². The van der Waals surface area contributed by atoms with Crippen LogP contribution in [0.1, 0.15) is 38.2 Å². The van der Waals surface area contributed by atoms with Gasteiger partial charge in [-0.3, -0.25) is 14.5 Å². The van der Waals surface area contributed by atoms with Crippen molar-refractivity contribution in [2.75, 3.05) is 4.90 Å². The fourth-order valence-electron chi connectivity index (χ4n) is 4.21. The summed E-state index contributed by atoms with van der Waals surface area (Å²) in [7, 11) is 0. The molecule has 1 saturated carbocycles. The minimum absolute atomic E-state index is 0.0787. The Morgan fingerprint density at radius 1 is 1.11 bits per heavy atom. The van der Waals surface area contributed by atoms with E-state index in [2.05, 4.69) is 20.7 Å². The molecule has 4 rings (SSSR count). The predicted molar refractivity (Wildman–Crippen MR) is 122 cm³/mol. The monoisotopic (exact) mass is 504 g/mol. The van der Waals surface area contributed by atoms with Gasteiger partial charge >= 0.3 is 6.18 Å². The zero-order chi connectivity index (χ0) is 25.9. The normalized spacial score (nSPS) is 15.0. The molecule has 1 heterocycles. The second-order valence-corrected chi connectivity index (χ2v) is 8.59. The maximum Gasteiger partial charge on any atom is 0.418 e. The van der Waals surface area contributed by atoms with Crippen LogP contribution in [0.5, 0.6) is 0 Å². The average Bonchev–Trinajstić information content (AvgIpc) is 3.52. The first-order valence-corrected chi connectivity index (χ1v) is 11.5. The van der Waals surface area contributed by atoms with Gasteiger partial charge in [0.1, 0.15) is 18.4 Å². The summed E-state index contributed by atoms with van der Waals surface area (Å²) in [6.45, 7) is 0.815. The van der Waals surface area contributed by atoms with Gasteiger partial charge in [-0.25, -0.2) is 4.39 Å². The van der Waals surface area contributed by atoms with Gasteiger partial charge < -0.3 is 5.32 Å². The number of tetrazole rings is 1. The van der Waals surface area contributed by atoms with Crippen LogP contribution >= 0.6 is 0 Å². The number of rotatable bonds is 7. The van der Waals surface area contributed by atoms with Crippen molar-refractivity contribution in [2.45, 2.75) is 57.4 Å². The van der Waals surface area contributed by atoms with Gasteiger partial charge in [-0.1, -0.05) is 25.0 Å². The molecule has 2 aromatic carbocycles. The summed E-state index contributed by atoms with van der Waals surface area (Å²) < 4.78 is 54.6. The van der Waals surface area contributed by atoms with E-state index in [1.165, 1.54) is 43.3 Å². The molecule has 1 N–H and O–H groups in total. The van der Waals surface area contributed by atoms with E-state index in [1.807, 2.05) is 0 Å². The van der Waals surface area contributed by atoms with Gasteiger partial charge in [0.05, 0.1) is 11.3 Å². The smallest absolute Gasteiger partial charge is 0.352 e. The van der Waals surface area contributed by atoms with Crippen LogP contribution in [-0.4, -0.2) is 44.1 Å². The molecule has 190 valence electrons. The van der Waals surface area contributed by atoms with Crippen molar-refractivity contribution in [3.8, 4) is 11.4 Å². The highest BCUT2D eigenvalue weighted by Crippen LogP contribution is 2.37. The van der Waals surface area contributed by atoms with Crippen LogP contribution in [0.25, 0.3) is 11.4 Å². The SMILES string of the molecule is CC(C(=O)NC1CCCC1)N(C(=O)Cn1nnc(-c2ccc(F)cc2)n1)c1ccccc1C(F)(F)F. The van der Waals surface area contributed by atoms with Crippen LogP contribution in [0, 0.1) is 5.82 Å². The fourth-order valence-corrected chi connectivity index (χ4v) is 4.21. The molecule has 1 aliphatic rings. The number of alkyl halides is 3. The third kappa shape index (κ3) is 5.69. The first-order valence-electron chi connectivity index (χ1n) is 11.5. The standard InChI is InChI=1S/C24H24F4N6O2/c1-15(23(36)29-18-6-2-3-7-18)34(20-9-5-4-8-19(20)24(26,27)28)21(35)14-33-31-22(30-32-33)16-10-12-17(25)13-11-16/h4-5,8-13,15,18H,2-3,6-7,14H2,1H3,(H,29,36). The number of hydrogen-bond acceptors (Lipinski definition) is 5. The summed E-state index contributed by atoms with van der Waals surface area (Å²) in [5.74, 6) is -1.73. The maximum atomic E-state index is 13.8.